The number of rotatable bonds is 8. The Morgan fingerprint density at radius 1 is 0.976 bits per heavy atom. The lowest BCUT2D eigenvalue weighted by molar-refractivity contribution is -0.115. The highest BCUT2D eigenvalue weighted by molar-refractivity contribution is 6.14. The molecule has 13 nitrogen and oxygen atoms in total. The summed E-state index contributed by atoms with van der Waals surface area (Å²) in [5.74, 6) is -2.03. The third kappa shape index (κ3) is 5.91. The van der Waals surface area contributed by atoms with Gasteiger partial charge in [-0.3, -0.25) is 14.9 Å². The van der Waals surface area contributed by atoms with Crippen molar-refractivity contribution in [2.24, 2.45) is 0 Å². The molecule has 0 unspecified atom stereocenters. The van der Waals surface area contributed by atoms with E-state index in [1.54, 1.807) is 31.2 Å². The van der Waals surface area contributed by atoms with E-state index in [1.807, 2.05) is 6.07 Å². The summed E-state index contributed by atoms with van der Waals surface area (Å²) in [6, 6.07) is 13.5. The third-order valence-electron chi connectivity index (χ3n) is 5.97. The average molecular weight is 558 g/mol. The molecule has 1 heterocycles. The maximum Gasteiger partial charge on any atom is 0.411 e. The van der Waals surface area contributed by atoms with Crippen LogP contribution in [-0.4, -0.2) is 48.4 Å². The normalized spacial score (nSPS) is 10.4. The van der Waals surface area contributed by atoms with Crippen molar-refractivity contribution >= 4 is 51.9 Å². The number of methoxy groups -OCH3 is 2. The summed E-state index contributed by atoms with van der Waals surface area (Å²) < 4.78 is 15.6. The molecule has 4 aromatic rings. The van der Waals surface area contributed by atoms with Gasteiger partial charge in [0.25, 0.3) is 5.91 Å². The molecule has 0 spiro atoms. The Balaban J connectivity index is 1.85. The monoisotopic (exact) mass is 557 g/mol. The van der Waals surface area contributed by atoms with Gasteiger partial charge in [-0.25, -0.2) is 9.59 Å². The molecule has 0 saturated heterocycles. The van der Waals surface area contributed by atoms with Gasteiger partial charge < -0.3 is 29.7 Å². The van der Waals surface area contributed by atoms with Crippen LogP contribution in [0.2, 0.25) is 0 Å². The summed E-state index contributed by atoms with van der Waals surface area (Å²) in [5.41, 5.74) is 1.31. The number of aromatic carboxylic acids is 1. The van der Waals surface area contributed by atoms with E-state index < -0.39 is 18.0 Å². The number of carboxylic acid groups (broad SMARTS) is 1. The molecular formula is C28H23N5O8. The van der Waals surface area contributed by atoms with Crippen molar-refractivity contribution in [3.8, 4) is 22.9 Å². The zero-order chi connectivity index (χ0) is 29.7. The minimum Gasteiger partial charge on any atom is -0.496 e. The summed E-state index contributed by atoms with van der Waals surface area (Å²) in [6.07, 6.45) is -0.517. The maximum absolute atomic E-state index is 13.3. The third-order valence-corrected chi connectivity index (χ3v) is 5.97. The summed E-state index contributed by atoms with van der Waals surface area (Å²) >= 11 is 0. The Kier molecular flexibility index (Phi) is 8.14. The predicted molar refractivity (Wildman–Crippen MR) is 147 cm³/mol. The van der Waals surface area contributed by atoms with Crippen LogP contribution in [-0.2, 0) is 9.53 Å². The number of nitriles is 1. The van der Waals surface area contributed by atoms with Crippen LogP contribution >= 0.6 is 0 Å². The number of anilines is 3. The highest BCUT2D eigenvalue weighted by atomic mass is 16.5. The van der Waals surface area contributed by atoms with E-state index in [0.29, 0.717) is 28.3 Å². The number of ether oxygens (including phenoxy) is 2. The number of fused-ring (bicyclic) bond motifs is 1. The van der Waals surface area contributed by atoms with Crippen molar-refractivity contribution in [3.63, 3.8) is 0 Å². The van der Waals surface area contributed by atoms with Gasteiger partial charge in [-0.05, 0) is 42.5 Å². The quantitative estimate of drug-likeness (QED) is 0.233. The van der Waals surface area contributed by atoms with E-state index in [1.165, 1.54) is 32.4 Å². The first-order valence-corrected chi connectivity index (χ1v) is 12.0. The Morgan fingerprint density at radius 2 is 1.76 bits per heavy atom. The molecule has 0 fully saturated rings. The number of carbonyl (C=O) groups excluding carboxylic acids is 3. The highest BCUT2D eigenvalue weighted by Crippen LogP contribution is 2.40. The van der Waals surface area contributed by atoms with Crippen molar-refractivity contribution in [2.45, 2.75) is 13.3 Å². The second kappa shape index (κ2) is 11.9. The zero-order valence-electron chi connectivity index (χ0n) is 22.0. The predicted octanol–water partition coefficient (Wildman–Crippen LogP) is 4.85. The highest BCUT2D eigenvalue weighted by Gasteiger charge is 2.23. The molecule has 0 bridgehead atoms. The number of hydrogen-bond donors (Lipinski definition) is 4. The number of carboxylic acids is 1. The van der Waals surface area contributed by atoms with Gasteiger partial charge in [0.1, 0.15) is 5.75 Å². The first-order chi connectivity index (χ1) is 19.7. The van der Waals surface area contributed by atoms with E-state index in [4.69, 9.17) is 14.5 Å². The topological polar surface area (TPSA) is 193 Å². The summed E-state index contributed by atoms with van der Waals surface area (Å²) in [7, 11) is 2.67. The van der Waals surface area contributed by atoms with E-state index in [2.05, 4.69) is 25.8 Å². The maximum atomic E-state index is 13.3. The number of carbonyl (C=O) groups is 4. The van der Waals surface area contributed by atoms with Gasteiger partial charge >= 0.3 is 12.1 Å². The number of nitrogens with zero attached hydrogens (tertiary/aromatic N) is 2. The molecule has 41 heavy (non-hydrogen) atoms. The molecule has 13 heteroatoms. The van der Waals surface area contributed by atoms with Crippen molar-refractivity contribution in [3.05, 3.63) is 65.4 Å². The van der Waals surface area contributed by atoms with Gasteiger partial charge in [0.15, 0.2) is 11.3 Å². The van der Waals surface area contributed by atoms with Gasteiger partial charge in [0, 0.05) is 29.3 Å². The lowest BCUT2D eigenvalue weighted by atomic mass is 9.99. The molecule has 208 valence electrons. The van der Waals surface area contributed by atoms with Crippen LogP contribution in [0.4, 0.5) is 21.9 Å². The van der Waals surface area contributed by atoms with Crippen LogP contribution in [0.1, 0.15) is 39.8 Å². The lowest BCUT2D eigenvalue weighted by Crippen LogP contribution is -2.15. The van der Waals surface area contributed by atoms with Gasteiger partial charge in [-0.15, -0.1) is 0 Å². The van der Waals surface area contributed by atoms with Crippen molar-refractivity contribution in [1.29, 1.82) is 5.26 Å². The molecule has 3 amide bonds. The van der Waals surface area contributed by atoms with Crippen LogP contribution in [0.5, 0.6) is 5.75 Å². The molecule has 0 atom stereocenters. The smallest absolute Gasteiger partial charge is 0.411 e. The van der Waals surface area contributed by atoms with E-state index >= 15 is 0 Å². The lowest BCUT2D eigenvalue weighted by Gasteiger charge is -2.16. The van der Waals surface area contributed by atoms with Crippen molar-refractivity contribution < 1.29 is 38.3 Å². The Labute approximate surface area is 232 Å². The molecule has 4 N–H and O–H groups in total. The second-order valence-electron chi connectivity index (χ2n) is 8.49. The number of amides is 3. The fourth-order valence-electron chi connectivity index (χ4n) is 3.96. The molecule has 0 aliphatic rings. The molecule has 4 rings (SSSR count). The van der Waals surface area contributed by atoms with Crippen LogP contribution in [0.15, 0.2) is 53.1 Å². The van der Waals surface area contributed by atoms with Gasteiger partial charge in [0.05, 0.1) is 48.2 Å². The zero-order valence-corrected chi connectivity index (χ0v) is 22.0. The van der Waals surface area contributed by atoms with E-state index in [9.17, 15) is 24.3 Å². The SMILES string of the molecule is CCC(=O)Nc1cc2onc(C(=O)Nc3ccc(C#N)cc3C(=O)O)c2cc1-c1cc(NC(=O)OC)ccc1OC. The molecular weight excluding hydrogens is 534 g/mol. The molecule has 0 radical (unpaired) electrons. The molecule has 1 aromatic heterocycles. The van der Waals surface area contributed by atoms with E-state index in [-0.39, 0.29) is 45.8 Å². The summed E-state index contributed by atoms with van der Waals surface area (Å²) in [4.78, 5) is 49.1. The van der Waals surface area contributed by atoms with Crippen LogP contribution in [0, 0.1) is 11.3 Å². The van der Waals surface area contributed by atoms with Gasteiger partial charge in [-0.1, -0.05) is 12.1 Å². The van der Waals surface area contributed by atoms with Crippen molar-refractivity contribution in [2.75, 3.05) is 30.2 Å². The number of benzene rings is 3. The van der Waals surface area contributed by atoms with Crippen molar-refractivity contribution in [1.82, 2.24) is 5.16 Å². The number of nitrogens with one attached hydrogen (secondary N) is 3. The van der Waals surface area contributed by atoms with Crippen LogP contribution < -0.4 is 20.7 Å². The summed E-state index contributed by atoms with van der Waals surface area (Å²) in [5, 5.41) is 30.6. The number of aromatic nitrogens is 1. The standard InChI is InChI=1S/C28H23N5O8/c1-4-24(34)31-21-12-23-19(11-16(21)17-10-15(30-28(38)40-3)6-8-22(17)39-2)25(33-41-23)26(35)32-20-7-5-14(13-29)9-18(20)27(36)37/h5-12H,4H2,1-3H3,(H,30,38)(H,31,34)(H,32,35)(H,36,37). The minimum absolute atomic E-state index is 0.0482. The second-order valence-corrected chi connectivity index (χ2v) is 8.49. The Hall–Kier alpha value is -5.90. The van der Waals surface area contributed by atoms with Crippen LogP contribution in [0.3, 0.4) is 0 Å². The molecule has 0 aliphatic carbocycles. The molecule has 0 aliphatic heterocycles. The molecule has 0 saturated carbocycles. The number of hydrogen-bond acceptors (Lipinski definition) is 9. The molecule has 3 aromatic carbocycles. The minimum atomic E-state index is -1.34. The summed E-state index contributed by atoms with van der Waals surface area (Å²) in [6.45, 7) is 1.68. The first kappa shape index (κ1) is 28.1. The van der Waals surface area contributed by atoms with E-state index in [0.717, 1.165) is 6.07 Å². The fraction of sp³-hybridized carbons (Fsp3) is 0.143. The fourth-order valence-corrected chi connectivity index (χ4v) is 3.96. The Bertz CT molecular complexity index is 1740. The Morgan fingerprint density at radius 3 is 2.41 bits per heavy atom. The average Bonchev–Trinajstić information content (AvgIpc) is 3.39. The van der Waals surface area contributed by atoms with Gasteiger partial charge in [0.2, 0.25) is 5.91 Å². The first-order valence-electron chi connectivity index (χ1n) is 12.0. The van der Waals surface area contributed by atoms with Crippen LogP contribution in [0.25, 0.3) is 22.1 Å². The largest absolute Gasteiger partial charge is 0.496 e. The van der Waals surface area contributed by atoms with Gasteiger partial charge in [-0.2, -0.15) is 5.26 Å².